The van der Waals surface area contributed by atoms with Gasteiger partial charge < -0.3 is 9.88 Å². The van der Waals surface area contributed by atoms with E-state index in [9.17, 15) is 4.79 Å². The zero-order valence-corrected chi connectivity index (χ0v) is 12.6. The van der Waals surface area contributed by atoms with E-state index in [1.807, 2.05) is 34.5 Å². The highest BCUT2D eigenvalue weighted by Crippen LogP contribution is 2.25. The number of benzene rings is 1. The molecule has 0 bridgehead atoms. The molecule has 0 aliphatic heterocycles. The molecule has 1 heterocycles. The monoisotopic (exact) mass is 355 g/mol. The molecular weight excluding hydrogens is 341 g/mol. The normalized spacial score (nSPS) is 10.4. The number of aromatic amines is 1. The molecule has 0 aliphatic rings. The van der Waals surface area contributed by atoms with E-state index in [0.29, 0.717) is 9.39 Å². The van der Waals surface area contributed by atoms with Gasteiger partial charge in [-0.1, -0.05) is 6.07 Å². The second-order valence-electron chi connectivity index (χ2n) is 4.27. The molecule has 0 saturated carbocycles. The number of rotatable bonds is 2. The Labute approximate surface area is 119 Å². The van der Waals surface area contributed by atoms with Crippen LogP contribution in [0.15, 0.2) is 29.3 Å². The summed E-state index contributed by atoms with van der Waals surface area (Å²) in [5.41, 5.74) is 3.30. The predicted molar refractivity (Wildman–Crippen MR) is 81.6 cm³/mol. The van der Waals surface area contributed by atoms with Crippen LogP contribution in [0.4, 0.5) is 11.5 Å². The summed E-state index contributed by atoms with van der Waals surface area (Å²) in [7, 11) is 1.91. The number of hydrogen-bond donors (Lipinski definition) is 1. The molecule has 0 atom stereocenters. The summed E-state index contributed by atoms with van der Waals surface area (Å²) in [4.78, 5) is 20.3. The summed E-state index contributed by atoms with van der Waals surface area (Å²) in [5.74, 6) is 0.671. The summed E-state index contributed by atoms with van der Waals surface area (Å²) >= 11 is 2.02. The molecule has 5 heteroatoms. The maximum Gasteiger partial charge on any atom is 0.266 e. The topological polar surface area (TPSA) is 49.0 Å². The number of halogens is 1. The first-order chi connectivity index (χ1) is 8.49. The molecule has 0 spiro atoms. The molecule has 94 valence electrons. The van der Waals surface area contributed by atoms with Gasteiger partial charge in [-0.3, -0.25) is 4.79 Å². The van der Waals surface area contributed by atoms with Gasteiger partial charge in [0.2, 0.25) is 0 Å². The fourth-order valence-electron chi connectivity index (χ4n) is 1.87. The van der Waals surface area contributed by atoms with Crippen LogP contribution >= 0.6 is 22.6 Å². The van der Waals surface area contributed by atoms with Crippen LogP contribution in [0.1, 0.15) is 11.1 Å². The van der Waals surface area contributed by atoms with E-state index in [0.717, 1.165) is 5.69 Å². The van der Waals surface area contributed by atoms with Crippen LogP contribution in [0.5, 0.6) is 0 Å². The molecule has 0 amide bonds. The van der Waals surface area contributed by atoms with Crippen molar-refractivity contribution in [3.63, 3.8) is 0 Å². The maximum atomic E-state index is 11.6. The number of nitrogens with one attached hydrogen (secondary N) is 1. The molecule has 1 aromatic heterocycles. The van der Waals surface area contributed by atoms with E-state index < -0.39 is 0 Å². The van der Waals surface area contributed by atoms with Gasteiger partial charge >= 0.3 is 0 Å². The molecule has 0 radical (unpaired) electrons. The molecule has 4 nitrogen and oxygen atoms in total. The van der Waals surface area contributed by atoms with E-state index in [-0.39, 0.29) is 5.56 Å². The van der Waals surface area contributed by atoms with Crippen LogP contribution in [-0.4, -0.2) is 17.0 Å². The molecule has 2 aromatic rings. The van der Waals surface area contributed by atoms with Crippen molar-refractivity contribution < 1.29 is 0 Å². The first kappa shape index (κ1) is 13.1. The van der Waals surface area contributed by atoms with Crippen molar-refractivity contribution in [1.29, 1.82) is 0 Å². The van der Waals surface area contributed by atoms with Crippen molar-refractivity contribution in [2.75, 3.05) is 11.9 Å². The maximum absolute atomic E-state index is 11.6. The molecular formula is C13H14IN3O. The molecule has 0 aliphatic carbocycles. The summed E-state index contributed by atoms with van der Waals surface area (Å²) in [5, 5.41) is 0. The number of anilines is 2. The van der Waals surface area contributed by atoms with E-state index >= 15 is 0 Å². The molecule has 1 N–H and O–H groups in total. The van der Waals surface area contributed by atoms with Crippen molar-refractivity contribution in [3.05, 3.63) is 49.6 Å². The van der Waals surface area contributed by atoms with Crippen molar-refractivity contribution in [3.8, 4) is 0 Å². The predicted octanol–water partition coefficient (Wildman–Crippen LogP) is 2.76. The third-order valence-corrected chi connectivity index (χ3v) is 3.66. The quantitative estimate of drug-likeness (QED) is 0.843. The van der Waals surface area contributed by atoms with Crippen molar-refractivity contribution in [2.45, 2.75) is 13.8 Å². The smallest absolute Gasteiger partial charge is 0.266 e. The fourth-order valence-corrected chi connectivity index (χ4v) is 2.53. The SMILES string of the molecule is Cc1cc(C)cc(N(C)c2nc[nH]c(=O)c2I)c1. The largest absolute Gasteiger partial charge is 0.328 e. The Morgan fingerprint density at radius 1 is 1.22 bits per heavy atom. The van der Waals surface area contributed by atoms with Crippen LogP contribution in [0.3, 0.4) is 0 Å². The van der Waals surface area contributed by atoms with E-state index in [2.05, 4.69) is 42.0 Å². The minimum absolute atomic E-state index is 0.114. The van der Waals surface area contributed by atoms with Gasteiger partial charge in [0.25, 0.3) is 5.56 Å². The van der Waals surface area contributed by atoms with E-state index in [1.165, 1.54) is 17.5 Å². The Bertz CT molecular complexity index is 616. The third-order valence-electron chi connectivity index (χ3n) is 2.69. The van der Waals surface area contributed by atoms with Gasteiger partial charge in [0.15, 0.2) is 5.82 Å². The Hall–Kier alpha value is -1.37. The van der Waals surface area contributed by atoms with Crippen LogP contribution in [0, 0.1) is 17.4 Å². The van der Waals surface area contributed by atoms with Crippen molar-refractivity contribution in [1.82, 2.24) is 9.97 Å². The van der Waals surface area contributed by atoms with Crippen LogP contribution in [0.25, 0.3) is 0 Å². The lowest BCUT2D eigenvalue weighted by molar-refractivity contribution is 1.03. The Kier molecular flexibility index (Phi) is 3.70. The van der Waals surface area contributed by atoms with Gasteiger partial charge in [-0.15, -0.1) is 0 Å². The van der Waals surface area contributed by atoms with Gasteiger partial charge in [0.05, 0.1) is 6.33 Å². The first-order valence-electron chi connectivity index (χ1n) is 5.54. The highest BCUT2D eigenvalue weighted by molar-refractivity contribution is 14.1. The van der Waals surface area contributed by atoms with Crippen molar-refractivity contribution >= 4 is 34.1 Å². The lowest BCUT2D eigenvalue weighted by Gasteiger charge is -2.20. The minimum Gasteiger partial charge on any atom is -0.328 e. The standard InChI is InChI=1S/C13H14IN3O/c1-8-4-9(2)6-10(5-8)17(3)12-11(14)13(18)16-7-15-12/h4-7H,1-3H3,(H,15,16,18). The van der Waals surface area contributed by atoms with Crippen molar-refractivity contribution in [2.24, 2.45) is 0 Å². The van der Waals surface area contributed by atoms with Gasteiger partial charge in [-0.25, -0.2) is 4.98 Å². The zero-order chi connectivity index (χ0) is 13.3. The fraction of sp³-hybridized carbons (Fsp3) is 0.231. The van der Waals surface area contributed by atoms with Gasteiger partial charge in [0, 0.05) is 12.7 Å². The average molecular weight is 355 g/mol. The lowest BCUT2D eigenvalue weighted by atomic mass is 10.1. The summed E-state index contributed by atoms with van der Waals surface area (Å²) < 4.78 is 0.594. The minimum atomic E-state index is -0.114. The highest BCUT2D eigenvalue weighted by atomic mass is 127. The summed E-state index contributed by atoms with van der Waals surface area (Å²) in [6, 6.07) is 6.27. The first-order valence-corrected chi connectivity index (χ1v) is 6.62. The van der Waals surface area contributed by atoms with Crippen LogP contribution in [0.2, 0.25) is 0 Å². The Morgan fingerprint density at radius 2 is 1.83 bits per heavy atom. The van der Waals surface area contributed by atoms with E-state index in [1.54, 1.807) is 0 Å². The van der Waals surface area contributed by atoms with E-state index in [4.69, 9.17) is 0 Å². The number of H-pyrrole nitrogens is 1. The number of nitrogens with zero attached hydrogens (tertiary/aromatic N) is 2. The highest BCUT2D eigenvalue weighted by Gasteiger charge is 2.12. The number of aryl methyl sites for hydroxylation is 2. The molecule has 18 heavy (non-hydrogen) atoms. The molecule has 1 aromatic carbocycles. The number of hydrogen-bond acceptors (Lipinski definition) is 3. The van der Waals surface area contributed by atoms with Crippen LogP contribution < -0.4 is 10.5 Å². The molecule has 0 saturated heterocycles. The third kappa shape index (κ3) is 2.55. The zero-order valence-electron chi connectivity index (χ0n) is 10.5. The second kappa shape index (κ2) is 5.09. The van der Waals surface area contributed by atoms with Crippen LogP contribution in [-0.2, 0) is 0 Å². The average Bonchev–Trinajstić information content (AvgIpc) is 2.30. The Balaban J connectivity index is 2.51. The second-order valence-corrected chi connectivity index (χ2v) is 5.35. The number of aromatic nitrogens is 2. The molecule has 2 rings (SSSR count). The molecule has 0 unspecified atom stereocenters. The Morgan fingerprint density at radius 3 is 2.44 bits per heavy atom. The lowest BCUT2D eigenvalue weighted by Crippen LogP contribution is -2.19. The summed E-state index contributed by atoms with van der Waals surface area (Å²) in [6.45, 7) is 4.11. The van der Waals surface area contributed by atoms with Gasteiger partial charge in [-0.05, 0) is 59.7 Å². The van der Waals surface area contributed by atoms with Gasteiger partial charge in [-0.2, -0.15) is 0 Å². The van der Waals surface area contributed by atoms with Gasteiger partial charge in [0.1, 0.15) is 3.57 Å². The summed E-state index contributed by atoms with van der Waals surface area (Å²) in [6.07, 6.45) is 1.43. The molecule has 0 fully saturated rings.